The summed E-state index contributed by atoms with van der Waals surface area (Å²) in [5.41, 5.74) is -3.65. The van der Waals surface area contributed by atoms with E-state index >= 15 is 0 Å². The van der Waals surface area contributed by atoms with E-state index in [0.29, 0.717) is 0 Å². The summed E-state index contributed by atoms with van der Waals surface area (Å²) in [6, 6.07) is 4.83. The first-order chi connectivity index (χ1) is 7.18. The molecule has 1 N–H and O–H groups in total. The molecule has 0 aliphatic carbocycles. The van der Waals surface area contributed by atoms with Gasteiger partial charge in [-0.15, -0.1) is 0 Å². The van der Waals surface area contributed by atoms with E-state index in [0.717, 1.165) is 19.1 Å². The van der Waals surface area contributed by atoms with Gasteiger partial charge in [-0.1, -0.05) is 12.1 Å². The average Bonchev–Trinajstić information content (AvgIpc) is 2.16. The van der Waals surface area contributed by atoms with Crippen molar-refractivity contribution < 1.29 is 18.8 Å². The molecular formula is C9H8BrF2NO3. The molecule has 1 unspecified atom stereocenters. The lowest BCUT2D eigenvalue weighted by Gasteiger charge is -2.28. The zero-order valence-corrected chi connectivity index (χ0v) is 9.74. The Morgan fingerprint density at radius 3 is 2.38 bits per heavy atom. The molecule has 0 radical (unpaired) electrons. The van der Waals surface area contributed by atoms with Gasteiger partial charge in [0.15, 0.2) is 5.60 Å². The zero-order chi connectivity index (χ0) is 12.6. The number of benzene rings is 1. The molecule has 88 valence electrons. The van der Waals surface area contributed by atoms with Gasteiger partial charge in [0.05, 0.1) is 10.5 Å². The van der Waals surface area contributed by atoms with Crippen LogP contribution in [0.1, 0.15) is 12.5 Å². The number of halogens is 3. The normalized spacial score (nSPS) is 15.6. The number of rotatable bonds is 3. The Morgan fingerprint density at radius 1 is 1.44 bits per heavy atom. The summed E-state index contributed by atoms with van der Waals surface area (Å²) in [5.74, 6) is 0. The molecule has 0 bridgehead atoms. The number of alkyl halides is 3. The van der Waals surface area contributed by atoms with E-state index in [1.54, 1.807) is 0 Å². The van der Waals surface area contributed by atoms with Crippen LogP contribution in [0.2, 0.25) is 0 Å². The Hall–Kier alpha value is -1.08. The van der Waals surface area contributed by atoms with Crippen molar-refractivity contribution in [3.63, 3.8) is 0 Å². The van der Waals surface area contributed by atoms with Crippen molar-refractivity contribution in [2.75, 3.05) is 0 Å². The highest BCUT2D eigenvalue weighted by Crippen LogP contribution is 2.44. The number of aliphatic hydroxyl groups is 1. The molecule has 0 aromatic heterocycles. The van der Waals surface area contributed by atoms with E-state index in [1.165, 1.54) is 12.1 Å². The molecule has 0 saturated heterocycles. The highest BCUT2D eigenvalue weighted by atomic mass is 79.9. The number of para-hydroxylation sites is 1. The second-order valence-electron chi connectivity index (χ2n) is 3.34. The molecule has 0 aliphatic rings. The second kappa shape index (κ2) is 4.06. The van der Waals surface area contributed by atoms with Crippen LogP contribution in [0.25, 0.3) is 0 Å². The third-order valence-electron chi connectivity index (χ3n) is 2.18. The SMILES string of the molecule is CC(O)(c1ccccc1[N+](=O)[O-])C(F)(F)Br. The Balaban J connectivity index is 3.39. The topological polar surface area (TPSA) is 63.4 Å². The fourth-order valence-electron chi connectivity index (χ4n) is 1.20. The standard InChI is InChI=1S/C9H8BrF2NO3/c1-8(14,9(10,11)12)6-4-2-3-5-7(6)13(15)16/h2-5,14H,1H3. The van der Waals surface area contributed by atoms with Crippen molar-refractivity contribution >= 4 is 21.6 Å². The minimum Gasteiger partial charge on any atom is -0.378 e. The molecule has 0 spiro atoms. The largest absolute Gasteiger partial charge is 0.378 e. The second-order valence-corrected chi connectivity index (χ2v) is 4.34. The number of hydrogen-bond donors (Lipinski definition) is 1. The molecule has 0 saturated carbocycles. The molecule has 1 aromatic carbocycles. The van der Waals surface area contributed by atoms with Crippen molar-refractivity contribution in [3.05, 3.63) is 39.9 Å². The molecule has 1 rings (SSSR count). The number of hydrogen-bond acceptors (Lipinski definition) is 3. The molecule has 0 fully saturated rings. The summed E-state index contributed by atoms with van der Waals surface area (Å²) in [5, 5.41) is 20.3. The van der Waals surface area contributed by atoms with Crippen LogP contribution in [-0.4, -0.2) is 14.9 Å². The predicted octanol–water partition coefficient (Wildman–Crippen LogP) is 2.79. The van der Waals surface area contributed by atoms with E-state index < -0.39 is 26.6 Å². The maximum Gasteiger partial charge on any atom is 0.333 e. The Bertz CT molecular complexity index is 417. The third kappa shape index (κ3) is 2.19. The molecule has 16 heavy (non-hydrogen) atoms. The van der Waals surface area contributed by atoms with Gasteiger partial charge >= 0.3 is 4.83 Å². The van der Waals surface area contributed by atoms with Gasteiger partial charge in [-0.05, 0) is 28.9 Å². The summed E-state index contributed by atoms with van der Waals surface area (Å²) in [6.07, 6.45) is 0. The molecule has 4 nitrogen and oxygen atoms in total. The molecule has 1 aromatic rings. The quantitative estimate of drug-likeness (QED) is 0.530. The smallest absolute Gasteiger partial charge is 0.333 e. The number of nitro benzene ring substituents is 1. The van der Waals surface area contributed by atoms with Gasteiger partial charge in [-0.2, -0.15) is 8.78 Å². The van der Waals surface area contributed by atoms with Gasteiger partial charge in [0.2, 0.25) is 0 Å². The lowest BCUT2D eigenvalue weighted by atomic mass is 9.95. The van der Waals surface area contributed by atoms with Crippen molar-refractivity contribution in [3.8, 4) is 0 Å². The minimum absolute atomic E-state index is 0.443. The van der Waals surface area contributed by atoms with Crippen LogP contribution in [0.5, 0.6) is 0 Å². The van der Waals surface area contributed by atoms with Crippen LogP contribution in [-0.2, 0) is 5.60 Å². The first kappa shape index (κ1) is 13.0. The van der Waals surface area contributed by atoms with Gasteiger partial charge in [-0.25, -0.2) is 0 Å². The summed E-state index contributed by atoms with van der Waals surface area (Å²) in [7, 11) is 0. The van der Waals surface area contributed by atoms with E-state index in [4.69, 9.17) is 0 Å². The van der Waals surface area contributed by atoms with Gasteiger partial charge in [0.1, 0.15) is 0 Å². The molecule has 0 amide bonds. The van der Waals surface area contributed by atoms with Crippen LogP contribution < -0.4 is 0 Å². The van der Waals surface area contributed by atoms with Gasteiger partial charge in [0, 0.05) is 6.07 Å². The maximum absolute atomic E-state index is 13.1. The van der Waals surface area contributed by atoms with Gasteiger partial charge < -0.3 is 5.11 Å². The first-order valence-corrected chi connectivity index (χ1v) is 5.00. The van der Waals surface area contributed by atoms with E-state index in [1.807, 2.05) is 15.9 Å². The van der Waals surface area contributed by atoms with E-state index in [9.17, 15) is 24.0 Å². The van der Waals surface area contributed by atoms with Crippen molar-refractivity contribution in [2.45, 2.75) is 17.4 Å². The van der Waals surface area contributed by atoms with Gasteiger partial charge in [-0.3, -0.25) is 10.1 Å². The van der Waals surface area contributed by atoms with E-state index in [-0.39, 0.29) is 0 Å². The highest BCUT2D eigenvalue weighted by Gasteiger charge is 2.51. The zero-order valence-electron chi connectivity index (χ0n) is 8.15. The predicted molar refractivity (Wildman–Crippen MR) is 56.5 cm³/mol. The summed E-state index contributed by atoms with van der Waals surface area (Å²) < 4.78 is 26.1. The minimum atomic E-state index is -3.66. The maximum atomic E-state index is 13.1. The summed E-state index contributed by atoms with van der Waals surface area (Å²) in [6.45, 7) is 0.810. The fraction of sp³-hybridized carbons (Fsp3) is 0.333. The fourth-order valence-corrected chi connectivity index (χ4v) is 1.41. The third-order valence-corrected chi connectivity index (χ3v) is 2.95. The van der Waals surface area contributed by atoms with Crippen LogP contribution >= 0.6 is 15.9 Å². The number of nitrogens with zero attached hydrogens (tertiary/aromatic N) is 1. The molecule has 1 atom stereocenters. The Kier molecular flexibility index (Phi) is 3.30. The van der Waals surface area contributed by atoms with Crippen molar-refractivity contribution in [2.24, 2.45) is 0 Å². The Labute approximate surface area is 98.2 Å². The molecule has 7 heteroatoms. The van der Waals surface area contributed by atoms with Crippen LogP contribution in [0.3, 0.4) is 0 Å². The average molecular weight is 296 g/mol. The van der Waals surface area contributed by atoms with Crippen LogP contribution in [0.15, 0.2) is 24.3 Å². The van der Waals surface area contributed by atoms with Gasteiger partial charge in [0.25, 0.3) is 5.69 Å². The molecular weight excluding hydrogens is 288 g/mol. The summed E-state index contributed by atoms with van der Waals surface area (Å²) in [4.78, 5) is 6.15. The lowest BCUT2D eigenvalue weighted by molar-refractivity contribution is -0.387. The van der Waals surface area contributed by atoms with Crippen LogP contribution in [0.4, 0.5) is 14.5 Å². The highest BCUT2D eigenvalue weighted by molar-refractivity contribution is 9.10. The van der Waals surface area contributed by atoms with Crippen LogP contribution in [0, 0.1) is 10.1 Å². The molecule has 0 aliphatic heterocycles. The first-order valence-electron chi connectivity index (χ1n) is 4.21. The van der Waals surface area contributed by atoms with Crippen molar-refractivity contribution in [1.82, 2.24) is 0 Å². The monoisotopic (exact) mass is 295 g/mol. The Morgan fingerprint density at radius 2 is 1.94 bits per heavy atom. The molecule has 0 heterocycles. The van der Waals surface area contributed by atoms with Crippen molar-refractivity contribution in [1.29, 1.82) is 0 Å². The summed E-state index contributed by atoms with van der Waals surface area (Å²) >= 11 is 2.01. The lowest BCUT2D eigenvalue weighted by Crippen LogP contribution is -2.38. The van der Waals surface area contributed by atoms with E-state index in [2.05, 4.69) is 0 Å². The number of nitro groups is 1.